The Hall–Kier alpha value is -3.15. The minimum atomic E-state index is -0.848. The maximum atomic E-state index is 12.6. The van der Waals surface area contributed by atoms with Gasteiger partial charge in [-0.2, -0.15) is 0 Å². The first-order valence-electron chi connectivity index (χ1n) is 9.45. The Morgan fingerprint density at radius 1 is 0.929 bits per heavy atom. The van der Waals surface area contributed by atoms with Crippen LogP contribution in [0.25, 0.3) is 0 Å². The highest BCUT2D eigenvalue weighted by molar-refractivity contribution is 5.95. The molecule has 6 heteroatoms. The first-order valence-corrected chi connectivity index (χ1v) is 9.45. The van der Waals surface area contributed by atoms with Crippen molar-refractivity contribution in [3.8, 4) is 0 Å². The van der Waals surface area contributed by atoms with Crippen molar-refractivity contribution in [2.45, 2.75) is 39.0 Å². The molecule has 0 radical (unpaired) electrons. The van der Waals surface area contributed by atoms with Crippen molar-refractivity contribution >= 4 is 29.2 Å². The van der Waals surface area contributed by atoms with E-state index in [0.29, 0.717) is 25.1 Å². The molecule has 0 saturated carbocycles. The van der Waals surface area contributed by atoms with Crippen LogP contribution in [0, 0.1) is 0 Å². The number of hydrogen-bond donors (Lipinski definition) is 2. The minimum absolute atomic E-state index is 0.0175. The number of unbranched alkanes of at least 4 members (excludes halogenated alkanes) is 1. The maximum Gasteiger partial charge on any atom is 0.303 e. The van der Waals surface area contributed by atoms with Gasteiger partial charge in [-0.05, 0) is 49.6 Å². The number of nitrogens with zero attached hydrogens (tertiary/aromatic N) is 1. The lowest BCUT2D eigenvalue weighted by Crippen LogP contribution is -2.31. The molecule has 0 spiro atoms. The van der Waals surface area contributed by atoms with E-state index in [1.54, 1.807) is 17.0 Å². The van der Waals surface area contributed by atoms with Gasteiger partial charge >= 0.3 is 5.97 Å². The van der Waals surface area contributed by atoms with Crippen molar-refractivity contribution < 1.29 is 19.5 Å². The van der Waals surface area contributed by atoms with Crippen molar-refractivity contribution in [1.29, 1.82) is 0 Å². The highest BCUT2D eigenvalue weighted by Gasteiger charge is 2.14. The number of rotatable bonds is 10. The van der Waals surface area contributed by atoms with Gasteiger partial charge in [-0.1, -0.05) is 30.3 Å². The molecule has 2 aromatic carbocycles. The highest BCUT2D eigenvalue weighted by Crippen LogP contribution is 2.16. The Balaban J connectivity index is 1.85. The standard InChI is InChI=1S/C22H26N2O4/c1-2-24(19-8-4-3-5-9-19)21(26)16-17-12-14-18(15-13-17)23-20(25)10-6-7-11-22(27)28/h3-5,8-9,12-15H,2,6-7,10-11,16H2,1H3,(H,23,25)(H,27,28). The van der Waals surface area contributed by atoms with Crippen LogP contribution in [0.5, 0.6) is 0 Å². The number of benzene rings is 2. The van der Waals surface area contributed by atoms with Crippen molar-refractivity contribution in [3.63, 3.8) is 0 Å². The Morgan fingerprint density at radius 3 is 2.18 bits per heavy atom. The van der Waals surface area contributed by atoms with Gasteiger partial charge in [0.1, 0.15) is 0 Å². The maximum absolute atomic E-state index is 12.6. The Kier molecular flexibility index (Phi) is 8.21. The topological polar surface area (TPSA) is 86.7 Å². The number of likely N-dealkylation sites (N-methyl/N-ethyl adjacent to an activating group) is 1. The second-order valence-corrected chi connectivity index (χ2v) is 6.50. The van der Waals surface area contributed by atoms with Crippen LogP contribution in [0.4, 0.5) is 11.4 Å². The molecule has 0 unspecified atom stereocenters. The molecule has 0 heterocycles. The van der Waals surface area contributed by atoms with E-state index < -0.39 is 5.97 Å². The van der Waals surface area contributed by atoms with E-state index >= 15 is 0 Å². The van der Waals surface area contributed by atoms with Gasteiger partial charge in [-0.25, -0.2) is 0 Å². The van der Waals surface area contributed by atoms with Crippen LogP contribution >= 0.6 is 0 Å². The number of para-hydroxylation sites is 1. The summed E-state index contributed by atoms with van der Waals surface area (Å²) in [6.07, 6.45) is 1.67. The number of carbonyl (C=O) groups excluding carboxylic acids is 2. The fraction of sp³-hybridized carbons (Fsp3) is 0.318. The molecule has 2 aromatic rings. The van der Waals surface area contributed by atoms with E-state index in [1.165, 1.54) is 0 Å². The van der Waals surface area contributed by atoms with Gasteiger partial charge in [0.15, 0.2) is 0 Å². The minimum Gasteiger partial charge on any atom is -0.481 e. The lowest BCUT2D eigenvalue weighted by Gasteiger charge is -2.21. The summed E-state index contributed by atoms with van der Waals surface area (Å²) < 4.78 is 0. The fourth-order valence-corrected chi connectivity index (χ4v) is 2.87. The van der Waals surface area contributed by atoms with Crippen LogP contribution in [0.15, 0.2) is 54.6 Å². The summed E-state index contributed by atoms with van der Waals surface area (Å²) in [7, 11) is 0. The highest BCUT2D eigenvalue weighted by atomic mass is 16.4. The Labute approximate surface area is 165 Å². The van der Waals surface area contributed by atoms with Crippen LogP contribution in [0.2, 0.25) is 0 Å². The summed E-state index contributed by atoms with van der Waals surface area (Å²) in [6, 6.07) is 16.8. The van der Waals surface area contributed by atoms with Gasteiger partial charge in [0.05, 0.1) is 6.42 Å². The summed E-state index contributed by atoms with van der Waals surface area (Å²) in [6.45, 7) is 2.54. The van der Waals surface area contributed by atoms with Crippen molar-refractivity contribution in [3.05, 3.63) is 60.2 Å². The van der Waals surface area contributed by atoms with E-state index in [-0.39, 0.29) is 31.1 Å². The number of amides is 2. The van der Waals surface area contributed by atoms with E-state index in [1.807, 2.05) is 49.4 Å². The predicted octanol–water partition coefficient (Wildman–Crippen LogP) is 3.87. The average molecular weight is 382 g/mol. The monoisotopic (exact) mass is 382 g/mol. The molecule has 0 aliphatic carbocycles. The molecule has 6 nitrogen and oxygen atoms in total. The summed E-state index contributed by atoms with van der Waals surface area (Å²) in [4.78, 5) is 36.7. The van der Waals surface area contributed by atoms with E-state index in [0.717, 1.165) is 11.3 Å². The molecule has 2 N–H and O–H groups in total. The summed E-state index contributed by atoms with van der Waals surface area (Å²) in [5.74, 6) is -0.973. The van der Waals surface area contributed by atoms with Crippen LogP contribution in [-0.2, 0) is 20.8 Å². The first kappa shape index (κ1) is 21.2. The smallest absolute Gasteiger partial charge is 0.303 e. The molecular formula is C22H26N2O4. The van der Waals surface area contributed by atoms with Gasteiger partial charge in [0, 0.05) is 30.8 Å². The van der Waals surface area contributed by atoms with Crippen LogP contribution < -0.4 is 10.2 Å². The van der Waals surface area contributed by atoms with Crippen molar-refractivity contribution in [2.24, 2.45) is 0 Å². The molecule has 0 atom stereocenters. The van der Waals surface area contributed by atoms with Gasteiger partial charge < -0.3 is 15.3 Å². The quantitative estimate of drug-likeness (QED) is 0.611. The predicted molar refractivity (Wildman–Crippen MR) is 109 cm³/mol. The lowest BCUT2D eigenvalue weighted by molar-refractivity contribution is -0.137. The third kappa shape index (κ3) is 6.87. The average Bonchev–Trinajstić information content (AvgIpc) is 2.68. The molecule has 0 aromatic heterocycles. The largest absolute Gasteiger partial charge is 0.481 e. The third-order valence-electron chi connectivity index (χ3n) is 4.32. The normalized spacial score (nSPS) is 10.3. The molecule has 0 fully saturated rings. The van der Waals surface area contributed by atoms with Crippen molar-refractivity contribution in [1.82, 2.24) is 0 Å². The van der Waals surface area contributed by atoms with Crippen LogP contribution in [-0.4, -0.2) is 29.4 Å². The van der Waals surface area contributed by atoms with Crippen molar-refractivity contribution in [2.75, 3.05) is 16.8 Å². The number of nitrogens with one attached hydrogen (secondary N) is 1. The molecule has 0 aliphatic heterocycles. The molecule has 0 aliphatic rings. The van der Waals surface area contributed by atoms with Gasteiger partial charge in [0.2, 0.25) is 11.8 Å². The van der Waals surface area contributed by atoms with Crippen LogP contribution in [0.1, 0.15) is 38.2 Å². The molecule has 2 amide bonds. The Bertz CT molecular complexity index is 788. The lowest BCUT2D eigenvalue weighted by atomic mass is 10.1. The zero-order valence-electron chi connectivity index (χ0n) is 16.1. The van der Waals surface area contributed by atoms with Gasteiger partial charge in [-0.15, -0.1) is 0 Å². The Morgan fingerprint density at radius 2 is 1.57 bits per heavy atom. The molecule has 0 bridgehead atoms. The van der Waals surface area contributed by atoms with E-state index in [4.69, 9.17) is 5.11 Å². The number of aliphatic carboxylic acids is 1. The van der Waals surface area contributed by atoms with Gasteiger partial charge in [-0.3, -0.25) is 14.4 Å². The van der Waals surface area contributed by atoms with E-state index in [2.05, 4.69) is 5.32 Å². The molecular weight excluding hydrogens is 356 g/mol. The summed E-state index contributed by atoms with van der Waals surface area (Å²) in [5.41, 5.74) is 2.41. The fourth-order valence-electron chi connectivity index (χ4n) is 2.87. The van der Waals surface area contributed by atoms with Crippen LogP contribution in [0.3, 0.4) is 0 Å². The SMILES string of the molecule is CCN(C(=O)Cc1ccc(NC(=O)CCCCC(=O)O)cc1)c1ccccc1. The first-order chi connectivity index (χ1) is 13.5. The number of carboxylic acids is 1. The summed E-state index contributed by atoms with van der Waals surface area (Å²) >= 11 is 0. The van der Waals surface area contributed by atoms with E-state index in [9.17, 15) is 14.4 Å². The number of anilines is 2. The number of carboxylic acid groups (broad SMARTS) is 1. The molecule has 28 heavy (non-hydrogen) atoms. The van der Waals surface area contributed by atoms with Gasteiger partial charge in [0.25, 0.3) is 0 Å². The molecule has 148 valence electrons. The number of hydrogen-bond acceptors (Lipinski definition) is 3. The second kappa shape index (κ2) is 10.9. The second-order valence-electron chi connectivity index (χ2n) is 6.50. The zero-order valence-corrected chi connectivity index (χ0v) is 16.1. The molecule has 0 saturated heterocycles. The zero-order chi connectivity index (χ0) is 20.4. The number of carbonyl (C=O) groups is 3. The molecule has 2 rings (SSSR count). The summed E-state index contributed by atoms with van der Waals surface area (Å²) in [5, 5.41) is 11.4. The third-order valence-corrected chi connectivity index (χ3v) is 4.32.